The summed E-state index contributed by atoms with van der Waals surface area (Å²) in [6.07, 6.45) is 8.01. The van der Waals surface area contributed by atoms with Crippen molar-refractivity contribution in [3.8, 4) is 0 Å². The predicted molar refractivity (Wildman–Crippen MR) is 74.9 cm³/mol. The van der Waals surface area contributed by atoms with Crippen LogP contribution in [0.1, 0.15) is 65.2 Å². The molecule has 0 heterocycles. The van der Waals surface area contributed by atoms with Crippen molar-refractivity contribution < 1.29 is 14.7 Å². The monoisotopic (exact) mass is 269 g/mol. The van der Waals surface area contributed by atoms with Crippen molar-refractivity contribution >= 4 is 11.9 Å². The Bertz CT molecular complexity index is 296. The second kappa shape index (κ2) is 8.18. The summed E-state index contributed by atoms with van der Waals surface area (Å²) in [6.45, 7) is 4.22. The van der Waals surface area contributed by atoms with Crippen molar-refractivity contribution in [2.75, 3.05) is 6.54 Å². The quantitative estimate of drug-likeness (QED) is 0.772. The van der Waals surface area contributed by atoms with Crippen LogP contribution in [0.15, 0.2) is 0 Å². The summed E-state index contributed by atoms with van der Waals surface area (Å²) in [5.41, 5.74) is 0. The number of amides is 1. The summed E-state index contributed by atoms with van der Waals surface area (Å²) in [4.78, 5) is 24.5. The lowest BCUT2D eigenvalue weighted by Gasteiger charge is -2.28. The lowest BCUT2D eigenvalue weighted by Crippen LogP contribution is -2.38. The number of carbonyl (C=O) groups excluding carboxylic acids is 1. The van der Waals surface area contributed by atoms with Gasteiger partial charge in [0, 0.05) is 19.0 Å². The first kappa shape index (κ1) is 16.0. The Labute approximate surface area is 116 Å². The highest BCUT2D eigenvalue weighted by atomic mass is 16.4. The maximum atomic E-state index is 12.2. The van der Waals surface area contributed by atoms with E-state index in [1.54, 1.807) is 4.90 Å². The number of carboxylic acid groups (broad SMARTS) is 1. The molecular formula is C15H27NO3. The number of nitrogens with zero attached hydrogens (tertiary/aromatic N) is 1. The minimum absolute atomic E-state index is 0.0351. The number of carbonyl (C=O) groups is 2. The largest absolute Gasteiger partial charge is 0.481 e. The molecule has 1 saturated carbocycles. The highest BCUT2D eigenvalue weighted by Gasteiger charge is 2.20. The molecule has 0 saturated heterocycles. The molecule has 0 aromatic rings. The van der Waals surface area contributed by atoms with E-state index in [0.717, 1.165) is 6.42 Å². The Morgan fingerprint density at radius 1 is 1.16 bits per heavy atom. The maximum absolute atomic E-state index is 12.2. The molecule has 19 heavy (non-hydrogen) atoms. The number of rotatable bonds is 7. The van der Waals surface area contributed by atoms with Crippen molar-refractivity contribution in [3.63, 3.8) is 0 Å². The molecule has 1 rings (SSSR count). The van der Waals surface area contributed by atoms with Crippen LogP contribution < -0.4 is 0 Å². The fraction of sp³-hybridized carbons (Fsp3) is 0.867. The first-order valence-electron chi connectivity index (χ1n) is 7.52. The molecule has 110 valence electrons. The van der Waals surface area contributed by atoms with Crippen molar-refractivity contribution in [2.24, 2.45) is 5.92 Å². The molecule has 0 spiro atoms. The first-order valence-corrected chi connectivity index (χ1v) is 7.52. The van der Waals surface area contributed by atoms with E-state index in [9.17, 15) is 9.59 Å². The van der Waals surface area contributed by atoms with Gasteiger partial charge in [0.05, 0.1) is 6.42 Å². The molecule has 1 fully saturated rings. The highest BCUT2D eigenvalue weighted by Crippen LogP contribution is 2.27. The number of hydrogen-bond donors (Lipinski definition) is 1. The lowest BCUT2D eigenvalue weighted by molar-refractivity contribution is -0.139. The van der Waals surface area contributed by atoms with E-state index >= 15 is 0 Å². The van der Waals surface area contributed by atoms with Crippen molar-refractivity contribution in [1.82, 2.24) is 4.90 Å². The zero-order chi connectivity index (χ0) is 14.3. The van der Waals surface area contributed by atoms with Gasteiger partial charge in [-0.3, -0.25) is 9.59 Å². The van der Waals surface area contributed by atoms with Gasteiger partial charge in [-0.25, -0.2) is 0 Å². The molecule has 1 aliphatic rings. The van der Waals surface area contributed by atoms with Crippen molar-refractivity contribution in [2.45, 2.75) is 71.3 Å². The van der Waals surface area contributed by atoms with Gasteiger partial charge in [-0.15, -0.1) is 0 Å². The lowest BCUT2D eigenvalue weighted by atomic mass is 9.86. The second-order valence-corrected chi connectivity index (χ2v) is 5.87. The molecule has 0 aliphatic heterocycles. The smallest absolute Gasteiger partial charge is 0.305 e. The van der Waals surface area contributed by atoms with Crippen molar-refractivity contribution in [3.05, 3.63) is 0 Å². The Morgan fingerprint density at radius 2 is 1.79 bits per heavy atom. The molecule has 0 aromatic heterocycles. The Balaban J connectivity index is 2.36. The van der Waals surface area contributed by atoms with Gasteiger partial charge in [0.25, 0.3) is 0 Å². The normalized spacial score (nSPS) is 16.6. The van der Waals surface area contributed by atoms with E-state index in [1.165, 1.54) is 32.1 Å². The van der Waals surface area contributed by atoms with Gasteiger partial charge in [0.15, 0.2) is 0 Å². The van der Waals surface area contributed by atoms with Crippen LogP contribution in [-0.2, 0) is 9.59 Å². The molecule has 0 radical (unpaired) electrons. The molecule has 0 aromatic carbocycles. The van der Waals surface area contributed by atoms with Crippen LogP contribution in [0, 0.1) is 5.92 Å². The van der Waals surface area contributed by atoms with Crippen LogP contribution in [0.3, 0.4) is 0 Å². The van der Waals surface area contributed by atoms with E-state index in [2.05, 4.69) is 0 Å². The van der Waals surface area contributed by atoms with Gasteiger partial charge in [0.1, 0.15) is 0 Å². The first-order chi connectivity index (χ1) is 9.00. The molecule has 0 bridgehead atoms. The van der Waals surface area contributed by atoms with Crippen LogP contribution in [0.4, 0.5) is 0 Å². The number of carboxylic acids is 1. The van der Waals surface area contributed by atoms with Gasteiger partial charge in [0.2, 0.25) is 5.91 Å². The fourth-order valence-corrected chi connectivity index (χ4v) is 2.83. The Hall–Kier alpha value is -1.06. The van der Waals surface area contributed by atoms with Crippen LogP contribution in [0.25, 0.3) is 0 Å². The van der Waals surface area contributed by atoms with E-state index in [-0.39, 0.29) is 18.4 Å². The number of hydrogen-bond acceptors (Lipinski definition) is 2. The minimum Gasteiger partial charge on any atom is -0.481 e. The summed E-state index contributed by atoms with van der Waals surface area (Å²) in [6, 6.07) is 0.0817. The molecule has 1 N–H and O–H groups in total. The summed E-state index contributed by atoms with van der Waals surface area (Å²) < 4.78 is 0. The van der Waals surface area contributed by atoms with Gasteiger partial charge in [-0.2, -0.15) is 0 Å². The Kier molecular flexibility index (Phi) is 6.89. The standard InChI is InChI=1S/C15H27NO3/c1-12(2)16(11-10-15(18)19)14(17)9-8-13-6-4-3-5-7-13/h12-13H,3-11H2,1-2H3,(H,18,19). The molecule has 4 heteroatoms. The third kappa shape index (κ3) is 6.08. The van der Waals surface area contributed by atoms with Gasteiger partial charge < -0.3 is 10.0 Å². The zero-order valence-electron chi connectivity index (χ0n) is 12.2. The van der Waals surface area contributed by atoms with Crippen LogP contribution >= 0.6 is 0 Å². The maximum Gasteiger partial charge on any atom is 0.305 e. The van der Waals surface area contributed by atoms with Gasteiger partial charge in [-0.05, 0) is 26.2 Å². The topological polar surface area (TPSA) is 57.6 Å². The second-order valence-electron chi connectivity index (χ2n) is 5.87. The van der Waals surface area contributed by atoms with Crippen LogP contribution in [-0.4, -0.2) is 34.5 Å². The predicted octanol–water partition coefficient (Wildman–Crippen LogP) is 3.06. The molecule has 0 unspecified atom stereocenters. The highest BCUT2D eigenvalue weighted by molar-refractivity contribution is 5.77. The van der Waals surface area contributed by atoms with E-state index in [0.29, 0.717) is 18.9 Å². The summed E-state index contributed by atoms with van der Waals surface area (Å²) in [5.74, 6) is -0.0289. The molecule has 0 atom stereocenters. The summed E-state index contributed by atoms with van der Waals surface area (Å²) >= 11 is 0. The van der Waals surface area contributed by atoms with E-state index < -0.39 is 5.97 Å². The van der Waals surface area contributed by atoms with Crippen LogP contribution in [0.2, 0.25) is 0 Å². The van der Waals surface area contributed by atoms with Gasteiger partial charge >= 0.3 is 5.97 Å². The summed E-state index contributed by atoms with van der Waals surface area (Å²) in [7, 11) is 0. The third-order valence-corrected chi connectivity index (χ3v) is 4.00. The number of aliphatic carboxylic acids is 1. The average Bonchev–Trinajstić information content (AvgIpc) is 2.37. The SMILES string of the molecule is CC(C)N(CCC(=O)O)C(=O)CCC1CCCCC1. The van der Waals surface area contributed by atoms with E-state index in [4.69, 9.17) is 5.11 Å². The molecule has 1 amide bonds. The average molecular weight is 269 g/mol. The van der Waals surface area contributed by atoms with Gasteiger partial charge in [-0.1, -0.05) is 32.1 Å². The van der Waals surface area contributed by atoms with Crippen molar-refractivity contribution in [1.29, 1.82) is 0 Å². The minimum atomic E-state index is -0.842. The van der Waals surface area contributed by atoms with Crippen LogP contribution in [0.5, 0.6) is 0 Å². The summed E-state index contributed by atoms with van der Waals surface area (Å²) in [5, 5.41) is 8.72. The molecule has 1 aliphatic carbocycles. The Morgan fingerprint density at radius 3 is 2.32 bits per heavy atom. The molecular weight excluding hydrogens is 242 g/mol. The third-order valence-electron chi connectivity index (χ3n) is 4.00. The zero-order valence-corrected chi connectivity index (χ0v) is 12.2. The van der Waals surface area contributed by atoms with E-state index in [1.807, 2.05) is 13.8 Å². The molecule has 4 nitrogen and oxygen atoms in total. The fourth-order valence-electron chi connectivity index (χ4n) is 2.83.